The molecule has 2 aromatic carbocycles. The van der Waals surface area contributed by atoms with E-state index in [-0.39, 0.29) is 17.9 Å². The molecule has 0 aliphatic carbocycles. The Bertz CT molecular complexity index is 1650. The maximum atomic E-state index is 14.0. The SMILES string of the molecule is O=P(O)(O)O[C@@H]1[C@@H](n2cc(-c3cc(F)c(F)c(F)c3)nn2)[C@H]2OC(c3ccccc3)OC[C@H]2O[C@@H]1Sc1cncc(Br)c1. The number of phosphoric ester groups is 1. The summed E-state index contributed by atoms with van der Waals surface area (Å²) < 4.78 is 79.6. The number of nitrogens with zero attached hydrogens (tertiary/aromatic N) is 4. The van der Waals surface area contributed by atoms with Crippen LogP contribution in [0.5, 0.6) is 0 Å². The van der Waals surface area contributed by atoms with E-state index in [9.17, 15) is 27.5 Å². The Kier molecular flexibility index (Phi) is 8.75. The molecule has 2 aromatic heterocycles. The molecule has 6 rings (SSSR count). The van der Waals surface area contributed by atoms with E-state index < -0.39 is 61.4 Å². The lowest BCUT2D eigenvalue weighted by atomic mass is 9.96. The number of benzene rings is 2. The molecular formula is C26H21BrF3N4O7PS. The van der Waals surface area contributed by atoms with E-state index in [1.807, 2.05) is 6.07 Å². The summed E-state index contributed by atoms with van der Waals surface area (Å²) in [7, 11) is -5.14. The van der Waals surface area contributed by atoms with Crippen LogP contribution in [0, 0.1) is 17.5 Å². The van der Waals surface area contributed by atoms with E-state index in [0.29, 0.717) is 14.9 Å². The number of ether oxygens (including phenoxy) is 3. The van der Waals surface area contributed by atoms with Crippen molar-refractivity contribution in [2.24, 2.45) is 0 Å². The molecule has 0 amide bonds. The summed E-state index contributed by atoms with van der Waals surface area (Å²) in [4.78, 5) is 24.6. The van der Waals surface area contributed by atoms with E-state index in [1.165, 1.54) is 10.9 Å². The summed E-state index contributed by atoms with van der Waals surface area (Å²) >= 11 is 4.44. The maximum Gasteiger partial charge on any atom is 0.470 e. The Balaban J connectivity index is 1.42. The largest absolute Gasteiger partial charge is 0.470 e. The lowest BCUT2D eigenvalue weighted by Gasteiger charge is -2.48. The van der Waals surface area contributed by atoms with Crippen LogP contribution in [0.4, 0.5) is 13.2 Å². The number of hydrogen-bond acceptors (Lipinski definition) is 9. The number of halogens is 4. The highest BCUT2D eigenvalue weighted by molar-refractivity contribution is 9.10. The van der Waals surface area contributed by atoms with Gasteiger partial charge < -0.3 is 24.0 Å². The van der Waals surface area contributed by atoms with Crippen LogP contribution in [-0.2, 0) is 23.3 Å². The van der Waals surface area contributed by atoms with Gasteiger partial charge in [-0.2, -0.15) is 0 Å². The zero-order valence-electron chi connectivity index (χ0n) is 21.6. The second-order valence-electron chi connectivity index (χ2n) is 9.57. The lowest BCUT2D eigenvalue weighted by molar-refractivity contribution is -0.305. The van der Waals surface area contributed by atoms with Crippen LogP contribution in [-0.4, -0.2) is 60.1 Å². The number of hydrogen-bond donors (Lipinski definition) is 2. The van der Waals surface area contributed by atoms with Crippen LogP contribution in [0.2, 0.25) is 0 Å². The Morgan fingerprint density at radius 1 is 1.07 bits per heavy atom. The van der Waals surface area contributed by atoms with Crippen molar-refractivity contribution >= 4 is 35.5 Å². The van der Waals surface area contributed by atoms with Crippen molar-refractivity contribution in [3.8, 4) is 11.3 Å². The van der Waals surface area contributed by atoms with E-state index in [0.717, 1.165) is 23.9 Å². The van der Waals surface area contributed by atoms with Gasteiger partial charge >= 0.3 is 7.82 Å². The summed E-state index contributed by atoms with van der Waals surface area (Å²) in [6.07, 6.45) is 0.408. The summed E-state index contributed by atoms with van der Waals surface area (Å²) in [5.41, 5.74) is -0.521. The maximum absolute atomic E-state index is 14.0. The molecule has 2 N–H and O–H groups in total. The Hall–Kier alpha value is -2.66. The quantitative estimate of drug-likeness (QED) is 0.195. The number of fused-ring (bicyclic) bond motifs is 1. The Morgan fingerprint density at radius 2 is 1.81 bits per heavy atom. The highest BCUT2D eigenvalue weighted by Crippen LogP contribution is 2.50. The van der Waals surface area contributed by atoms with Gasteiger partial charge in [0.25, 0.3) is 0 Å². The molecule has 0 radical (unpaired) electrons. The number of rotatable bonds is 7. The van der Waals surface area contributed by atoms with Crippen molar-refractivity contribution in [1.29, 1.82) is 0 Å². The first kappa shape index (κ1) is 30.4. The summed E-state index contributed by atoms with van der Waals surface area (Å²) in [6, 6.07) is 11.2. The normalized spacial score (nSPS) is 25.8. The molecule has 0 spiro atoms. The predicted molar refractivity (Wildman–Crippen MR) is 148 cm³/mol. The molecule has 0 bridgehead atoms. The van der Waals surface area contributed by atoms with Gasteiger partial charge in [-0.3, -0.25) is 9.51 Å². The minimum atomic E-state index is -5.14. The van der Waals surface area contributed by atoms with E-state index >= 15 is 0 Å². The third-order valence-electron chi connectivity index (χ3n) is 6.67. The molecule has 4 heterocycles. The molecule has 226 valence electrons. The molecule has 0 saturated carbocycles. The lowest BCUT2D eigenvalue weighted by Crippen LogP contribution is -2.59. The van der Waals surface area contributed by atoms with Gasteiger partial charge in [-0.15, -0.1) is 5.10 Å². The fraction of sp³-hybridized carbons (Fsp3) is 0.269. The van der Waals surface area contributed by atoms with Gasteiger partial charge in [0, 0.05) is 32.9 Å². The fourth-order valence-corrected chi connectivity index (χ4v) is 7.15. The van der Waals surface area contributed by atoms with Crippen molar-refractivity contribution in [2.45, 2.75) is 41.0 Å². The zero-order chi connectivity index (χ0) is 30.3. The first-order valence-electron chi connectivity index (χ1n) is 12.6. The first-order valence-corrected chi connectivity index (χ1v) is 15.8. The van der Waals surface area contributed by atoms with Crippen molar-refractivity contribution in [1.82, 2.24) is 20.0 Å². The monoisotopic (exact) mass is 700 g/mol. The number of pyridine rings is 1. The van der Waals surface area contributed by atoms with Gasteiger partial charge in [0.05, 0.1) is 12.8 Å². The smallest absolute Gasteiger partial charge is 0.356 e. The topological polar surface area (TPSA) is 138 Å². The summed E-state index contributed by atoms with van der Waals surface area (Å²) in [6.45, 7) is 0.0348. The summed E-state index contributed by atoms with van der Waals surface area (Å²) in [5, 5.41) is 8.11. The Labute approximate surface area is 254 Å². The molecule has 4 aromatic rings. The molecule has 2 aliphatic rings. The van der Waals surface area contributed by atoms with E-state index in [4.69, 9.17) is 18.7 Å². The van der Waals surface area contributed by atoms with Crippen molar-refractivity contribution in [2.75, 3.05) is 6.61 Å². The van der Waals surface area contributed by atoms with Crippen LogP contribution in [0.3, 0.4) is 0 Å². The molecule has 1 unspecified atom stereocenters. The number of thioether (sulfide) groups is 1. The van der Waals surface area contributed by atoms with Gasteiger partial charge in [0.2, 0.25) is 0 Å². The molecule has 11 nitrogen and oxygen atoms in total. The first-order chi connectivity index (χ1) is 20.6. The van der Waals surface area contributed by atoms with Gasteiger partial charge in [-0.1, -0.05) is 47.3 Å². The molecule has 17 heteroatoms. The van der Waals surface area contributed by atoms with Gasteiger partial charge in [-0.25, -0.2) is 22.4 Å². The fourth-order valence-electron chi connectivity index (χ4n) is 4.86. The van der Waals surface area contributed by atoms with Crippen LogP contribution in [0.15, 0.2) is 76.5 Å². The molecular weight excluding hydrogens is 680 g/mol. The number of aromatic nitrogens is 4. The van der Waals surface area contributed by atoms with Crippen LogP contribution in [0.1, 0.15) is 17.9 Å². The molecule has 2 saturated heterocycles. The third kappa shape index (κ3) is 6.72. The highest BCUT2D eigenvalue weighted by Gasteiger charge is 2.54. The van der Waals surface area contributed by atoms with Gasteiger partial charge in [0.15, 0.2) is 23.7 Å². The zero-order valence-corrected chi connectivity index (χ0v) is 24.9. The minimum absolute atomic E-state index is 0.0348. The molecule has 43 heavy (non-hydrogen) atoms. The highest BCUT2D eigenvalue weighted by atomic mass is 79.9. The second kappa shape index (κ2) is 12.4. The predicted octanol–water partition coefficient (Wildman–Crippen LogP) is 5.17. The van der Waals surface area contributed by atoms with E-state index in [1.54, 1.807) is 42.7 Å². The molecule has 2 fully saturated rings. The van der Waals surface area contributed by atoms with Crippen LogP contribution >= 0.6 is 35.5 Å². The van der Waals surface area contributed by atoms with Gasteiger partial charge in [0.1, 0.15) is 35.5 Å². The standard InChI is InChI=1S/C26H21BrF3N4O7PS/c27-15-8-16(10-31-9-15)43-26-24(41-42(35,36)37)22(23-20(39-26)12-38-25(40-23)13-4-2-1-3-5-13)34-11-19(32-33-34)14-6-17(28)21(30)18(29)7-14/h1-11,20,22-26H,12H2,(H2,35,36,37)/t20-,22+,23+,24-,25?,26-/m1/s1. The summed E-state index contributed by atoms with van der Waals surface area (Å²) in [5.74, 6) is -4.48. The Morgan fingerprint density at radius 3 is 2.51 bits per heavy atom. The minimum Gasteiger partial charge on any atom is -0.356 e. The van der Waals surface area contributed by atoms with Crippen molar-refractivity contribution in [3.63, 3.8) is 0 Å². The van der Waals surface area contributed by atoms with Crippen molar-refractivity contribution in [3.05, 3.63) is 94.6 Å². The van der Waals surface area contributed by atoms with Gasteiger partial charge in [-0.05, 0) is 34.1 Å². The average molecular weight is 701 g/mol. The molecule has 6 atom stereocenters. The second-order valence-corrected chi connectivity index (χ2v) is 12.8. The molecule has 2 aliphatic heterocycles. The van der Waals surface area contributed by atoms with Crippen molar-refractivity contribution < 1.29 is 46.3 Å². The number of phosphoric acid groups is 1. The average Bonchev–Trinajstić information content (AvgIpc) is 3.45. The third-order valence-corrected chi connectivity index (χ3v) is 8.73. The van der Waals surface area contributed by atoms with E-state index in [2.05, 4.69) is 31.2 Å². The van der Waals surface area contributed by atoms with Crippen LogP contribution in [0.25, 0.3) is 11.3 Å². The van der Waals surface area contributed by atoms with Crippen LogP contribution < -0.4 is 0 Å².